The fraction of sp³-hybridized carbons (Fsp3) is 0.333. The van der Waals surface area contributed by atoms with Gasteiger partial charge in [-0.2, -0.15) is 5.26 Å². The third kappa shape index (κ3) is 2.87. The van der Waals surface area contributed by atoms with Crippen LogP contribution in [0.5, 0.6) is 0 Å². The molecule has 2 nitrogen and oxygen atoms in total. The van der Waals surface area contributed by atoms with E-state index >= 15 is 0 Å². The molecule has 1 rings (SSSR count). The molecule has 1 heterocycles. The van der Waals surface area contributed by atoms with Crippen LogP contribution in [0.15, 0.2) is 18.3 Å². The van der Waals surface area contributed by atoms with Crippen LogP contribution in [-0.4, -0.2) is 13.9 Å². The van der Waals surface area contributed by atoms with Crippen LogP contribution in [0.1, 0.15) is 19.5 Å². The van der Waals surface area contributed by atoms with E-state index in [0.29, 0.717) is 0 Å². The summed E-state index contributed by atoms with van der Waals surface area (Å²) in [5, 5.41) is 8.80. The molecule has 0 aliphatic carbocycles. The lowest BCUT2D eigenvalue weighted by molar-refractivity contribution is 0.921. The molecule has 0 radical (unpaired) electrons. The van der Waals surface area contributed by atoms with Gasteiger partial charge in [0, 0.05) is 6.20 Å². The van der Waals surface area contributed by atoms with Gasteiger partial charge in [-0.05, 0) is 26.0 Å². The number of nitrogens with zero attached hydrogens (tertiary/aromatic N) is 1. The molecule has 1 aromatic rings. The Kier molecular flexibility index (Phi) is 3.12. The first kappa shape index (κ1) is 10.3. The second kappa shape index (κ2) is 3.95. The second-order valence-electron chi connectivity index (χ2n) is 3.10. The van der Waals surface area contributed by atoms with Crippen LogP contribution in [0.4, 0.5) is 0 Å². The molecule has 1 N–H and O–H groups in total. The van der Waals surface area contributed by atoms with E-state index in [1.165, 1.54) is 11.8 Å². The van der Waals surface area contributed by atoms with Crippen LogP contribution in [0.3, 0.4) is 0 Å². The molecule has 0 aliphatic heterocycles. The summed E-state index contributed by atoms with van der Waals surface area (Å²) >= 11 is 6.57. The summed E-state index contributed by atoms with van der Waals surface area (Å²) in [7, 11) is 0. The number of hydrogen-bond donors (Lipinski definition) is 1. The van der Waals surface area contributed by atoms with E-state index in [4.69, 9.17) is 17.5 Å². The van der Waals surface area contributed by atoms with E-state index in [1.54, 1.807) is 0 Å². The number of nitriles is 1. The fourth-order valence-corrected chi connectivity index (χ4v) is 2.26. The summed E-state index contributed by atoms with van der Waals surface area (Å²) < 4.78 is 0.277. The van der Waals surface area contributed by atoms with Gasteiger partial charge in [-0.25, -0.2) is 0 Å². The van der Waals surface area contributed by atoms with Crippen LogP contribution in [-0.2, 0) is 0 Å². The van der Waals surface area contributed by atoms with Crippen LogP contribution < -0.4 is 0 Å². The number of aromatic amines is 1. The fourth-order valence-electron chi connectivity index (χ4n) is 0.767. The maximum absolute atomic E-state index is 8.80. The lowest BCUT2D eigenvalue weighted by Gasteiger charge is -2.13. The topological polar surface area (TPSA) is 39.6 Å². The number of nitrogens with one attached hydrogen (secondary N) is 1. The highest BCUT2D eigenvalue weighted by Gasteiger charge is 2.20. The summed E-state index contributed by atoms with van der Waals surface area (Å²) in [4.78, 5) is 3.01. The minimum absolute atomic E-state index is 0.456. The largest absolute Gasteiger partial charge is 0.360 e. The van der Waals surface area contributed by atoms with E-state index in [0.717, 1.165) is 9.89 Å². The van der Waals surface area contributed by atoms with Crippen molar-refractivity contribution in [3.05, 3.63) is 24.0 Å². The summed E-state index contributed by atoms with van der Waals surface area (Å²) in [6.07, 6.45) is 1.82. The highest BCUT2D eigenvalue weighted by Crippen LogP contribution is 2.27. The zero-order chi connectivity index (χ0) is 9.90. The first-order valence-electron chi connectivity index (χ1n) is 3.83. The number of thioether (sulfide) groups is 1. The molecule has 0 saturated carbocycles. The molecular weight excluding hydrogens is 200 g/mol. The van der Waals surface area contributed by atoms with Gasteiger partial charge in [0.2, 0.25) is 0 Å². The number of thiocarbonyl (C=S) groups is 1. The van der Waals surface area contributed by atoms with Crippen molar-refractivity contribution in [2.45, 2.75) is 18.6 Å². The van der Waals surface area contributed by atoms with E-state index in [-0.39, 0.29) is 0 Å². The Hall–Kier alpha value is -0.790. The molecule has 0 aliphatic rings. The summed E-state index contributed by atoms with van der Waals surface area (Å²) in [5.74, 6) is 0. The molecule has 0 aromatic carbocycles. The van der Waals surface area contributed by atoms with Gasteiger partial charge in [0.25, 0.3) is 0 Å². The Balaban J connectivity index is 2.68. The molecule has 0 fully saturated rings. The Morgan fingerprint density at radius 1 is 1.69 bits per heavy atom. The summed E-state index contributed by atoms with van der Waals surface area (Å²) in [5.41, 5.74) is 0.906. The van der Waals surface area contributed by atoms with Gasteiger partial charge in [-0.15, -0.1) is 0 Å². The number of H-pyrrole nitrogens is 1. The lowest BCUT2D eigenvalue weighted by Crippen LogP contribution is -2.14. The van der Waals surface area contributed by atoms with Crippen molar-refractivity contribution in [1.82, 2.24) is 4.98 Å². The van der Waals surface area contributed by atoms with Crippen molar-refractivity contribution >= 4 is 28.2 Å². The van der Waals surface area contributed by atoms with Crippen molar-refractivity contribution in [1.29, 1.82) is 5.26 Å². The Morgan fingerprint density at radius 2 is 2.38 bits per heavy atom. The SMILES string of the molecule is CC(C)(C#N)SC(=S)c1ccc[nH]1. The molecule has 68 valence electrons. The number of hydrogen-bond acceptors (Lipinski definition) is 3. The van der Waals surface area contributed by atoms with Crippen LogP contribution in [0.25, 0.3) is 0 Å². The zero-order valence-corrected chi connectivity index (χ0v) is 9.13. The molecule has 1 aromatic heterocycles. The normalized spacial score (nSPS) is 10.8. The van der Waals surface area contributed by atoms with Gasteiger partial charge in [-0.1, -0.05) is 24.0 Å². The molecule has 0 saturated heterocycles. The van der Waals surface area contributed by atoms with Crippen molar-refractivity contribution in [2.75, 3.05) is 0 Å². The summed E-state index contributed by atoms with van der Waals surface area (Å²) in [6.45, 7) is 3.71. The number of aromatic nitrogens is 1. The van der Waals surface area contributed by atoms with Crippen molar-refractivity contribution in [2.24, 2.45) is 0 Å². The monoisotopic (exact) mass is 210 g/mol. The highest BCUT2D eigenvalue weighted by atomic mass is 32.2. The van der Waals surface area contributed by atoms with Crippen LogP contribution in [0.2, 0.25) is 0 Å². The van der Waals surface area contributed by atoms with Gasteiger partial charge >= 0.3 is 0 Å². The van der Waals surface area contributed by atoms with Gasteiger partial charge in [-0.3, -0.25) is 0 Å². The predicted molar refractivity (Wildman–Crippen MR) is 59.8 cm³/mol. The number of rotatable bonds is 2. The van der Waals surface area contributed by atoms with E-state index in [1.807, 2.05) is 32.2 Å². The average Bonchev–Trinajstić information content (AvgIpc) is 2.55. The molecule has 0 amide bonds. The second-order valence-corrected chi connectivity index (χ2v) is 5.40. The van der Waals surface area contributed by atoms with Crippen molar-refractivity contribution < 1.29 is 0 Å². The van der Waals surface area contributed by atoms with Gasteiger partial charge in [0.1, 0.15) is 4.75 Å². The smallest absolute Gasteiger partial charge is 0.102 e. The Labute approximate surface area is 87.3 Å². The summed E-state index contributed by atoms with van der Waals surface area (Å²) in [6, 6.07) is 5.99. The highest BCUT2D eigenvalue weighted by molar-refractivity contribution is 8.24. The Morgan fingerprint density at radius 3 is 2.85 bits per heavy atom. The van der Waals surface area contributed by atoms with Gasteiger partial charge in [0.05, 0.1) is 16.0 Å². The first-order chi connectivity index (χ1) is 6.05. The van der Waals surface area contributed by atoms with E-state index in [2.05, 4.69) is 11.1 Å². The van der Waals surface area contributed by atoms with Crippen LogP contribution in [0, 0.1) is 11.3 Å². The third-order valence-electron chi connectivity index (χ3n) is 1.43. The minimum atomic E-state index is -0.456. The maximum atomic E-state index is 8.80. The molecule has 13 heavy (non-hydrogen) atoms. The molecule has 0 unspecified atom stereocenters. The predicted octanol–water partition coefficient (Wildman–Crippen LogP) is 2.73. The zero-order valence-electron chi connectivity index (χ0n) is 7.50. The molecule has 0 atom stereocenters. The average molecular weight is 210 g/mol. The Bertz CT molecular complexity index is 333. The molecule has 0 spiro atoms. The van der Waals surface area contributed by atoms with Gasteiger partial charge < -0.3 is 4.98 Å². The maximum Gasteiger partial charge on any atom is 0.102 e. The first-order valence-corrected chi connectivity index (χ1v) is 5.05. The molecule has 0 bridgehead atoms. The molecule has 4 heteroatoms. The van der Waals surface area contributed by atoms with E-state index < -0.39 is 4.75 Å². The van der Waals surface area contributed by atoms with Gasteiger partial charge in [0.15, 0.2) is 0 Å². The van der Waals surface area contributed by atoms with Crippen LogP contribution >= 0.6 is 24.0 Å². The quantitative estimate of drug-likeness (QED) is 0.763. The van der Waals surface area contributed by atoms with Crippen molar-refractivity contribution in [3.8, 4) is 6.07 Å². The third-order valence-corrected chi connectivity index (χ3v) is 2.91. The lowest BCUT2D eigenvalue weighted by atomic mass is 10.2. The standard InChI is InChI=1S/C9H10N2S2/c1-9(2,6-10)13-8(12)7-4-3-5-11-7/h3-5,11H,1-2H3. The van der Waals surface area contributed by atoms with Crippen molar-refractivity contribution in [3.63, 3.8) is 0 Å². The van der Waals surface area contributed by atoms with E-state index in [9.17, 15) is 0 Å². The molecular formula is C9H10N2S2. The minimum Gasteiger partial charge on any atom is -0.360 e.